The average molecular weight is 909 g/mol. The van der Waals surface area contributed by atoms with E-state index in [-0.39, 0.29) is 38.0 Å². The summed E-state index contributed by atoms with van der Waals surface area (Å²) < 4.78 is 16.7. The quantitative estimate of drug-likeness (QED) is 0.0199. The number of ether oxygens (including phenoxy) is 3. The Morgan fingerprint density at radius 3 is 1.12 bits per heavy atom. The number of carbonyl (C=O) groups excluding carboxylic acids is 3. The van der Waals surface area contributed by atoms with Crippen LogP contribution >= 0.6 is 0 Å². The van der Waals surface area contributed by atoms with E-state index in [1.165, 1.54) is 32.1 Å². The lowest BCUT2D eigenvalue weighted by atomic mass is 10.1. The highest BCUT2D eigenvalue weighted by molar-refractivity contribution is 5.71. The van der Waals surface area contributed by atoms with Gasteiger partial charge in [-0.3, -0.25) is 14.4 Å². The van der Waals surface area contributed by atoms with Crippen molar-refractivity contribution in [2.24, 2.45) is 0 Å². The van der Waals surface area contributed by atoms with Crippen molar-refractivity contribution in [1.82, 2.24) is 0 Å². The van der Waals surface area contributed by atoms with Crippen LogP contribution in [0.15, 0.2) is 146 Å². The molecular weight excluding hydrogens is 817 g/mol. The molecule has 0 aliphatic rings. The molecule has 0 rings (SSSR count). The van der Waals surface area contributed by atoms with E-state index < -0.39 is 12.1 Å². The number of rotatable bonds is 44. The molecule has 66 heavy (non-hydrogen) atoms. The van der Waals surface area contributed by atoms with Crippen LogP contribution in [0.25, 0.3) is 0 Å². The number of hydrogen-bond donors (Lipinski definition) is 0. The van der Waals surface area contributed by atoms with Gasteiger partial charge in [0.05, 0.1) is 0 Å². The SMILES string of the molecule is CC/C=C\C/C=C\C/C=C\C/C=C\C/C=C\CCCC(=O)OCC(COC(=O)CCCCCCCC/C=C\C=C/CCCCC)OC(=O)CC/C=C\C/C=C\C/C=C\C/C=C\C/C=C\CC. The molecule has 0 amide bonds. The zero-order valence-corrected chi connectivity index (χ0v) is 41.9. The Bertz CT molecular complexity index is 1510. The summed E-state index contributed by atoms with van der Waals surface area (Å²) in [4.78, 5) is 38.0. The Balaban J connectivity index is 4.64. The molecule has 0 saturated carbocycles. The summed E-state index contributed by atoms with van der Waals surface area (Å²) in [5.41, 5.74) is 0. The first-order chi connectivity index (χ1) is 32.5. The third-order valence-electron chi connectivity index (χ3n) is 10.1. The minimum Gasteiger partial charge on any atom is -0.462 e. The molecule has 0 aromatic carbocycles. The fraction of sp³-hybridized carbons (Fsp3) is 0.550. The lowest BCUT2D eigenvalue weighted by molar-refractivity contribution is -0.166. The van der Waals surface area contributed by atoms with E-state index in [0.29, 0.717) is 19.3 Å². The maximum absolute atomic E-state index is 12.8. The Morgan fingerprint density at radius 2 is 0.682 bits per heavy atom. The van der Waals surface area contributed by atoms with Crippen molar-refractivity contribution >= 4 is 17.9 Å². The van der Waals surface area contributed by atoms with E-state index in [0.717, 1.165) is 109 Å². The molecular formula is C60H92O6. The maximum atomic E-state index is 12.8. The number of hydrogen-bond acceptors (Lipinski definition) is 6. The molecule has 0 N–H and O–H groups in total. The number of carbonyl (C=O) groups is 3. The van der Waals surface area contributed by atoms with Gasteiger partial charge in [-0.15, -0.1) is 0 Å². The highest BCUT2D eigenvalue weighted by atomic mass is 16.6. The second kappa shape index (κ2) is 52.9. The standard InChI is InChI=1S/C60H92O6/c1-4-7-10-13-16-19-22-25-28-30-33-35-38-41-44-47-50-53-59(62)65-56-57(55-64-58(61)52-49-46-43-40-37-34-31-27-24-21-18-15-12-9-6-3)66-60(63)54-51-48-45-42-39-36-32-29-26-23-20-17-14-11-8-5-2/h7-8,10-11,16-21,24-29,33,35-36,39,41,44-45,48,57H,4-6,9,12-15,22-23,30-32,34,37-38,40,42-43,46-47,49-56H2,1-3H3/b10-7-,11-8-,19-16-,20-17-,21-18-,27-24-,28-25-,29-26-,35-33-,39-36-,44-41-,48-45-. The van der Waals surface area contributed by atoms with Crippen LogP contribution in [-0.4, -0.2) is 37.2 Å². The van der Waals surface area contributed by atoms with E-state index in [4.69, 9.17) is 14.2 Å². The van der Waals surface area contributed by atoms with Gasteiger partial charge in [-0.25, -0.2) is 0 Å². The van der Waals surface area contributed by atoms with Crippen LogP contribution in [0.5, 0.6) is 0 Å². The minimum atomic E-state index is -0.852. The van der Waals surface area contributed by atoms with Gasteiger partial charge < -0.3 is 14.2 Å². The smallest absolute Gasteiger partial charge is 0.306 e. The van der Waals surface area contributed by atoms with Crippen molar-refractivity contribution in [2.75, 3.05) is 13.2 Å². The van der Waals surface area contributed by atoms with E-state index in [9.17, 15) is 14.4 Å². The van der Waals surface area contributed by atoms with Crippen LogP contribution < -0.4 is 0 Å². The molecule has 1 unspecified atom stereocenters. The molecule has 6 nitrogen and oxygen atoms in total. The van der Waals surface area contributed by atoms with E-state index in [1.807, 2.05) is 12.2 Å². The molecule has 0 saturated heterocycles. The van der Waals surface area contributed by atoms with Gasteiger partial charge in [0.1, 0.15) is 13.2 Å². The Kier molecular flexibility index (Phi) is 49.1. The van der Waals surface area contributed by atoms with Crippen LogP contribution in [0.2, 0.25) is 0 Å². The van der Waals surface area contributed by atoms with Gasteiger partial charge in [0.2, 0.25) is 0 Å². The average Bonchev–Trinajstić information content (AvgIpc) is 3.31. The monoisotopic (exact) mass is 909 g/mol. The first-order valence-corrected chi connectivity index (χ1v) is 25.9. The van der Waals surface area contributed by atoms with Gasteiger partial charge in [0.25, 0.3) is 0 Å². The number of esters is 3. The molecule has 0 aliphatic heterocycles. The second-order valence-electron chi connectivity index (χ2n) is 16.3. The summed E-state index contributed by atoms with van der Waals surface area (Å²) in [5, 5.41) is 0. The van der Waals surface area contributed by atoms with Crippen molar-refractivity contribution in [2.45, 2.75) is 200 Å². The Labute approximate surface area is 404 Å². The zero-order chi connectivity index (χ0) is 47.9. The van der Waals surface area contributed by atoms with Crippen LogP contribution in [0, 0.1) is 0 Å². The molecule has 0 aliphatic carbocycles. The topological polar surface area (TPSA) is 78.9 Å². The molecule has 368 valence electrons. The van der Waals surface area contributed by atoms with Crippen LogP contribution in [0.3, 0.4) is 0 Å². The van der Waals surface area contributed by atoms with Gasteiger partial charge in [-0.1, -0.05) is 205 Å². The minimum absolute atomic E-state index is 0.138. The van der Waals surface area contributed by atoms with Gasteiger partial charge in [-0.05, 0) is 116 Å². The second-order valence-corrected chi connectivity index (χ2v) is 16.3. The summed E-state index contributed by atoms with van der Waals surface area (Å²) in [7, 11) is 0. The summed E-state index contributed by atoms with van der Waals surface area (Å²) in [5.74, 6) is -1.11. The lowest BCUT2D eigenvalue weighted by Gasteiger charge is -2.18. The number of allylic oxidation sites excluding steroid dienone is 24. The third kappa shape index (κ3) is 50.3. The van der Waals surface area contributed by atoms with Gasteiger partial charge in [0.15, 0.2) is 6.10 Å². The summed E-state index contributed by atoms with van der Waals surface area (Å²) in [6.07, 6.45) is 75.6. The van der Waals surface area contributed by atoms with E-state index in [1.54, 1.807) is 0 Å². The van der Waals surface area contributed by atoms with Crippen molar-refractivity contribution in [3.8, 4) is 0 Å². The fourth-order valence-electron chi connectivity index (χ4n) is 6.28. The Morgan fingerprint density at radius 1 is 0.333 bits per heavy atom. The van der Waals surface area contributed by atoms with E-state index >= 15 is 0 Å². The third-order valence-corrected chi connectivity index (χ3v) is 10.1. The molecule has 0 radical (unpaired) electrons. The normalized spacial score (nSPS) is 13.3. The predicted octanol–water partition coefficient (Wildman–Crippen LogP) is 17.3. The molecule has 1 atom stereocenters. The first-order valence-electron chi connectivity index (χ1n) is 25.9. The molecule has 6 heteroatoms. The molecule has 0 aromatic rings. The zero-order valence-electron chi connectivity index (χ0n) is 41.9. The molecule has 0 fully saturated rings. The molecule has 0 spiro atoms. The predicted molar refractivity (Wildman–Crippen MR) is 283 cm³/mol. The maximum Gasteiger partial charge on any atom is 0.306 e. The summed E-state index contributed by atoms with van der Waals surface area (Å²) >= 11 is 0. The molecule has 0 heterocycles. The van der Waals surface area contributed by atoms with Gasteiger partial charge >= 0.3 is 17.9 Å². The van der Waals surface area contributed by atoms with Crippen molar-refractivity contribution < 1.29 is 28.6 Å². The van der Waals surface area contributed by atoms with Gasteiger partial charge in [-0.2, -0.15) is 0 Å². The van der Waals surface area contributed by atoms with Crippen molar-refractivity contribution in [3.05, 3.63) is 146 Å². The highest BCUT2D eigenvalue weighted by Crippen LogP contribution is 2.11. The van der Waals surface area contributed by atoms with Crippen LogP contribution in [0.1, 0.15) is 194 Å². The van der Waals surface area contributed by atoms with Crippen molar-refractivity contribution in [3.63, 3.8) is 0 Å². The lowest BCUT2D eigenvalue weighted by Crippen LogP contribution is -2.30. The molecule has 0 aromatic heterocycles. The van der Waals surface area contributed by atoms with Gasteiger partial charge in [0, 0.05) is 19.3 Å². The van der Waals surface area contributed by atoms with Crippen molar-refractivity contribution in [1.29, 1.82) is 0 Å². The Hall–Kier alpha value is -4.71. The largest absolute Gasteiger partial charge is 0.462 e. The fourth-order valence-corrected chi connectivity index (χ4v) is 6.28. The van der Waals surface area contributed by atoms with Crippen LogP contribution in [-0.2, 0) is 28.6 Å². The van der Waals surface area contributed by atoms with E-state index in [2.05, 4.69) is 154 Å². The number of unbranched alkanes of at least 4 members (excludes halogenated alkanes) is 10. The summed E-state index contributed by atoms with van der Waals surface area (Å²) in [6.45, 7) is 6.23. The molecule has 0 bridgehead atoms. The first kappa shape index (κ1) is 61.3. The highest BCUT2D eigenvalue weighted by Gasteiger charge is 2.19. The summed E-state index contributed by atoms with van der Waals surface area (Å²) in [6, 6.07) is 0. The van der Waals surface area contributed by atoms with Crippen LogP contribution in [0.4, 0.5) is 0 Å².